The highest BCUT2D eigenvalue weighted by atomic mass is 32.2. The van der Waals surface area contributed by atoms with E-state index in [0.717, 1.165) is 30.6 Å². The molecule has 4 nitrogen and oxygen atoms in total. The summed E-state index contributed by atoms with van der Waals surface area (Å²) in [4.78, 5) is 12.0. The van der Waals surface area contributed by atoms with Crippen LogP contribution in [0.2, 0.25) is 0 Å². The smallest absolute Gasteiger partial charge is 0.338 e. The fraction of sp³-hybridized carbons (Fsp3) is 0.583. The fourth-order valence-corrected chi connectivity index (χ4v) is 3.80. The number of sulfone groups is 1. The summed E-state index contributed by atoms with van der Waals surface area (Å²) in [6.45, 7) is 0.965. The number of carbonyl (C=O) groups excluding carboxylic acids is 1. The SMILES string of the molecule is CC(NC(=O)c1csc(S(C)(=O)=O)c1)(C1CC1)C(F)(F)F. The summed E-state index contributed by atoms with van der Waals surface area (Å²) in [5.74, 6) is -1.54. The Morgan fingerprint density at radius 2 is 1.95 bits per heavy atom. The normalized spacial score (nSPS) is 19.1. The zero-order valence-electron chi connectivity index (χ0n) is 11.3. The zero-order valence-corrected chi connectivity index (χ0v) is 13.0. The molecule has 0 radical (unpaired) electrons. The highest BCUT2D eigenvalue weighted by molar-refractivity contribution is 7.92. The molecule has 2 rings (SSSR count). The zero-order chi connectivity index (χ0) is 16.1. The van der Waals surface area contributed by atoms with Crippen molar-refractivity contribution in [2.24, 2.45) is 5.92 Å². The van der Waals surface area contributed by atoms with Gasteiger partial charge in [0.2, 0.25) is 0 Å². The number of rotatable bonds is 4. The predicted molar refractivity (Wildman–Crippen MR) is 72.1 cm³/mol. The van der Waals surface area contributed by atoms with Crippen molar-refractivity contribution in [3.63, 3.8) is 0 Å². The van der Waals surface area contributed by atoms with E-state index in [9.17, 15) is 26.4 Å². The van der Waals surface area contributed by atoms with Gasteiger partial charge >= 0.3 is 6.18 Å². The van der Waals surface area contributed by atoms with E-state index in [-0.39, 0.29) is 9.77 Å². The first-order valence-electron chi connectivity index (χ1n) is 6.13. The molecule has 9 heteroatoms. The Kier molecular flexibility index (Phi) is 3.86. The van der Waals surface area contributed by atoms with Gasteiger partial charge in [-0.1, -0.05) is 0 Å². The molecule has 21 heavy (non-hydrogen) atoms. The van der Waals surface area contributed by atoms with Crippen molar-refractivity contribution in [2.75, 3.05) is 6.26 Å². The Morgan fingerprint density at radius 1 is 1.38 bits per heavy atom. The molecule has 1 heterocycles. The van der Waals surface area contributed by atoms with Gasteiger partial charge in [0.15, 0.2) is 9.84 Å². The maximum atomic E-state index is 13.2. The van der Waals surface area contributed by atoms with Gasteiger partial charge in [-0.25, -0.2) is 8.42 Å². The number of alkyl halides is 3. The van der Waals surface area contributed by atoms with E-state index in [1.54, 1.807) is 0 Å². The van der Waals surface area contributed by atoms with Crippen molar-refractivity contribution < 1.29 is 26.4 Å². The van der Waals surface area contributed by atoms with Crippen LogP contribution in [0.3, 0.4) is 0 Å². The van der Waals surface area contributed by atoms with Crippen LogP contribution in [0.15, 0.2) is 15.7 Å². The summed E-state index contributed by atoms with van der Waals surface area (Å²) in [7, 11) is -3.48. The molecule has 1 aromatic heterocycles. The lowest BCUT2D eigenvalue weighted by Crippen LogP contribution is -2.58. The highest BCUT2D eigenvalue weighted by Gasteiger charge is 2.60. The van der Waals surface area contributed by atoms with Crippen LogP contribution >= 0.6 is 11.3 Å². The average molecular weight is 341 g/mol. The van der Waals surface area contributed by atoms with Gasteiger partial charge in [0, 0.05) is 11.6 Å². The number of hydrogen-bond donors (Lipinski definition) is 1. The number of thiophene rings is 1. The maximum Gasteiger partial charge on any atom is 0.411 e. The van der Waals surface area contributed by atoms with E-state index in [2.05, 4.69) is 0 Å². The highest BCUT2D eigenvalue weighted by Crippen LogP contribution is 2.48. The van der Waals surface area contributed by atoms with Crippen LogP contribution in [-0.4, -0.2) is 32.3 Å². The largest absolute Gasteiger partial charge is 0.411 e. The molecule has 1 amide bonds. The molecule has 0 aliphatic heterocycles. The van der Waals surface area contributed by atoms with Crippen molar-refractivity contribution in [1.82, 2.24) is 5.32 Å². The molecule has 1 aliphatic rings. The van der Waals surface area contributed by atoms with Crippen molar-refractivity contribution in [2.45, 2.75) is 35.7 Å². The summed E-state index contributed by atoms with van der Waals surface area (Å²) in [6.07, 6.45) is -2.76. The molecule has 1 atom stereocenters. The van der Waals surface area contributed by atoms with Gasteiger partial charge in [0.25, 0.3) is 5.91 Å². The average Bonchev–Trinajstić information content (AvgIpc) is 3.03. The van der Waals surface area contributed by atoms with Crippen LogP contribution in [0.5, 0.6) is 0 Å². The van der Waals surface area contributed by atoms with E-state index < -0.39 is 33.4 Å². The van der Waals surface area contributed by atoms with E-state index in [1.165, 1.54) is 5.38 Å². The van der Waals surface area contributed by atoms with Crippen molar-refractivity contribution in [3.05, 3.63) is 17.0 Å². The van der Waals surface area contributed by atoms with Gasteiger partial charge in [-0.3, -0.25) is 4.79 Å². The van der Waals surface area contributed by atoms with Gasteiger partial charge in [0.05, 0.1) is 5.56 Å². The number of amides is 1. The number of halogens is 3. The lowest BCUT2D eigenvalue weighted by molar-refractivity contribution is -0.194. The minimum absolute atomic E-state index is 0.0483. The van der Waals surface area contributed by atoms with Crippen molar-refractivity contribution >= 4 is 27.1 Å². The second-order valence-corrected chi connectivity index (χ2v) is 8.51. The van der Waals surface area contributed by atoms with Gasteiger partial charge in [-0.2, -0.15) is 13.2 Å². The standard InChI is InChI=1S/C12H14F3NO3S2/c1-11(8-3-4-8,12(13,14)15)16-10(17)7-5-9(20-6-7)21(2,18)19/h5-6,8H,3-4H2,1-2H3,(H,16,17). The van der Waals surface area contributed by atoms with Gasteiger partial charge in [0.1, 0.15) is 9.75 Å². The molecule has 1 unspecified atom stereocenters. The first-order chi connectivity index (χ1) is 9.45. The molecule has 1 saturated carbocycles. The van der Waals surface area contributed by atoms with Crippen molar-refractivity contribution in [3.8, 4) is 0 Å². The summed E-state index contributed by atoms with van der Waals surface area (Å²) in [5, 5.41) is 3.27. The van der Waals surface area contributed by atoms with Gasteiger partial charge in [-0.05, 0) is 31.7 Å². The third kappa shape index (κ3) is 3.23. The first-order valence-corrected chi connectivity index (χ1v) is 8.90. The Bertz CT molecular complexity index is 662. The number of hydrogen-bond acceptors (Lipinski definition) is 4. The number of carbonyl (C=O) groups is 1. The summed E-state index contributed by atoms with van der Waals surface area (Å²) >= 11 is 0.812. The quantitative estimate of drug-likeness (QED) is 0.916. The predicted octanol–water partition coefficient (Wildman–Crippen LogP) is 2.61. The molecule has 1 N–H and O–H groups in total. The van der Waals surface area contributed by atoms with Crippen LogP contribution in [0.1, 0.15) is 30.1 Å². The van der Waals surface area contributed by atoms with Gasteiger partial charge in [-0.15, -0.1) is 11.3 Å². The van der Waals surface area contributed by atoms with Gasteiger partial charge < -0.3 is 5.32 Å². The van der Waals surface area contributed by atoms with E-state index in [1.807, 2.05) is 5.32 Å². The Balaban J connectivity index is 2.23. The molecule has 0 saturated heterocycles. The fourth-order valence-electron chi connectivity index (χ4n) is 2.00. The van der Waals surface area contributed by atoms with E-state index in [4.69, 9.17) is 0 Å². The van der Waals surface area contributed by atoms with Crippen LogP contribution < -0.4 is 5.32 Å². The lowest BCUT2D eigenvalue weighted by Gasteiger charge is -2.33. The number of nitrogens with one attached hydrogen (secondary N) is 1. The Morgan fingerprint density at radius 3 is 2.33 bits per heavy atom. The Labute approximate surface area is 124 Å². The molecule has 0 spiro atoms. The molecule has 0 aromatic carbocycles. The van der Waals surface area contributed by atoms with Crippen LogP contribution in [0, 0.1) is 5.92 Å². The molecule has 118 valence electrons. The monoisotopic (exact) mass is 341 g/mol. The van der Waals surface area contributed by atoms with Crippen LogP contribution in [0.4, 0.5) is 13.2 Å². The molecule has 1 aliphatic carbocycles. The third-order valence-electron chi connectivity index (χ3n) is 3.56. The second-order valence-electron chi connectivity index (χ2n) is 5.36. The molecule has 0 bridgehead atoms. The van der Waals surface area contributed by atoms with Crippen LogP contribution in [-0.2, 0) is 9.84 Å². The van der Waals surface area contributed by atoms with Crippen molar-refractivity contribution in [1.29, 1.82) is 0 Å². The summed E-state index contributed by atoms with van der Waals surface area (Å²) in [6, 6.07) is 1.10. The second kappa shape index (κ2) is 4.98. The summed E-state index contributed by atoms with van der Waals surface area (Å²) < 4.78 is 62.1. The van der Waals surface area contributed by atoms with E-state index >= 15 is 0 Å². The molecular weight excluding hydrogens is 327 g/mol. The third-order valence-corrected chi connectivity index (χ3v) is 6.33. The summed E-state index contributed by atoms with van der Waals surface area (Å²) in [5.41, 5.74) is -2.35. The topological polar surface area (TPSA) is 63.2 Å². The Hall–Kier alpha value is -1.09. The molecule has 1 aromatic rings. The molecular formula is C12H14F3NO3S2. The van der Waals surface area contributed by atoms with Crippen LogP contribution in [0.25, 0.3) is 0 Å². The maximum absolute atomic E-state index is 13.2. The lowest BCUT2D eigenvalue weighted by atomic mass is 9.94. The minimum atomic E-state index is -4.56. The minimum Gasteiger partial charge on any atom is -0.338 e. The molecule has 1 fully saturated rings. The first kappa shape index (κ1) is 16.3. The van der Waals surface area contributed by atoms with E-state index in [0.29, 0.717) is 12.8 Å².